The van der Waals surface area contributed by atoms with Gasteiger partial charge in [0, 0.05) is 16.2 Å². The summed E-state index contributed by atoms with van der Waals surface area (Å²) in [5, 5.41) is 0. The van der Waals surface area contributed by atoms with Gasteiger partial charge in [-0.25, -0.2) is 4.99 Å². The topological polar surface area (TPSA) is 21.6 Å². The van der Waals surface area contributed by atoms with E-state index in [1.807, 2.05) is 94.4 Å². The minimum absolute atomic E-state index is 0.228. The van der Waals surface area contributed by atoms with Crippen molar-refractivity contribution in [3.8, 4) is 5.75 Å². The van der Waals surface area contributed by atoms with E-state index < -0.39 is 0 Å². The van der Waals surface area contributed by atoms with Crippen LogP contribution < -0.4 is 4.74 Å². The molecular weight excluding hydrogens is 483 g/mol. The van der Waals surface area contributed by atoms with Crippen LogP contribution in [0.25, 0.3) is 0 Å². The molecule has 0 unspecified atom stereocenters. The lowest BCUT2D eigenvalue weighted by atomic mass is 10.3. The molecule has 166 valence electrons. The molecule has 0 N–H and O–H groups in total. The van der Waals surface area contributed by atoms with Crippen molar-refractivity contribution in [2.45, 2.75) is 20.8 Å². The molecule has 0 amide bonds. The Labute approximate surface area is 211 Å². The van der Waals surface area contributed by atoms with Gasteiger partial charge in [-0.3, -0.25) is 0 Å². The summed E-state index contributed by atoms with van der Waals surface area (Å²) in [6.07, 6.45) is 0.693. The molecule has 0 bridgehead atoms. The number of rotatable bonds is 10. The van der Waals surface area contributed by atoms with Crippen molar-refractivity contribution in [1.29, 1.82) is 0 Å². The maximum Gasteiger partial charge on any atom is 0.197 e. The van der Waals surface area contributed by atoms with Crippen molar-refractivity contribution in [1.82, 2.24) is 0 Å². The minimum atomic E-state index is 0.228. The van der Waals surface area contributed by atoms with E-state index in [1.165, 1.54) is 9.79 Å². The molecule has 0 aromatic heterocycles. The van der Waals surface area contributed by atoms with Gasteiger partial charge in [-0.2, -0.15) is 0 Å². The highest BCUT2D eigenvalue weighted by atomic mass is 33.1. The van der Waals surface area contributed by atoms with Crippen molar-refractivity contribution >= 4 is 54.8 Å². The second-order valence-corrected chi connectivity index (χ2v) is 12.1. The minimum Gasteiger partial charge on any atom is -0.443 e. The number of benzene rings is 4. The van der Waals surface area contributed by atoms with Crippen LogP contribution in [0, 0.1) is 0 Å². The third kappa shape index (κ3) is 8.55. The van der Waals surface area contributed by atoms with E-state index >= 15 is 0 Å². The summed E-state index contributed by atoms with van der Waals surface area (Å²) in [6.45, 7) is 0. The first-order valence-electron chi connectivity index (χ1n) is 10.5. The molecule has 0 aliphatic carbocycles. The second-order valence-electron chi connectivity index (χ2n) is 6.88. The van der Waals surface area contributed by atoms with Gasteiger partial charge in [0.05, 0.1) is 10.3 Å². The van der Waals surface area contributed by atoms with Gasteiger partial charge < -0.3 is 4.74 Å². The Morgan fingerprint density at radius 3 is 1.58 bits per heavy atom. The summed E-state index contributed by atoms with van der Waals surface area (Å²) in [7, 11) is 7.26. The van der Waals surface area contributed by atoms with Gasteiger partial charge in [-0.1, -0.05) is 116 Å². The molecule has 0 aliphatic rings. The number of para-hydroxylation sites is 2. The normalized spacial score (nSPS) is 11.5. The van der Waals surface area contributed by atoms with Gasteiger partial charge in [0.15, 0.2) is 5.90 Å². The molecule has 0 saturated heterocycles. The molecule has 0 radical (unpaired) electrons. The van der Waals surface area contributed by atoms with E-state index in [0.29, 0.717) is 12.3 Å². The average Bonchev–Trinajstić information content (AvgIpc) is 2.88. The van der Waals surface area contributed by atoms with Crippen LogP contribution >= 0.6 is 43.2 Å². The van der Waals surface area contributed by atoms with E-state index in [1.54, 1.807) is 21.6 Å². The Morgan fingerprint density at radius 2 is 1.06 bits per heavy atom. The zero-order valence-electron chi connectivity index (χ0n) is 17.8. The van der Waals surface area contributed by atoms with E-state index in [-0.39, 0.29) is 4.58 Å². The average molecular weight is 506 g/mol. The largest absolute Gasteiger partial charge is 0.443 e. The lowest BCUT2D eigenvalue weighted by Crippen LogP contribution is -2.13. The standard InChI is InChI=1S/C27H23NOS4/c1-5-13-22(14-6-1)28-26(29-23-15-7-2-8-16-23)21-27(32-30-24-17-9-3-10-18-24)33-31-25-19-11-4-12-20-25/h1-20,27H,21H2/b28-26-. The van der Waals surface area contributed by atoms with Gasteiger partial charge in [-0.05, 0) is 48.5 Å². The zero-order valence-corrected chi connectivity index (χ0v) is 21.1. The van der Waals surface area contributed by atoms with Gasteiger partial charge in [0.1, 0.15) is 5.75 Å². The van der Waals surface area contributed by atoms with Crippen molar-refractivity contribution < 1.29 is 4.74 Å². The first-order chi connectivity index (χ1) is 16.3. The third-order valence-electron chi connectivity index (χ3n) is 4.32. The smallest absolute Gasteiger partial charge is 0.197 e. The Balaban J connectivity index is 1.52. The molecule has 4 aromatic rings. The highest BCUT2D eigenvalue weighted by molar-refractivity contribution is 8.85. The summed E-state index contributed by atoms with van der Waals surface area (Å²) in [4.78, 5) is 7.33. The molecule has 4 rings (SSSR count). The van der Waals surface area contributed by atoms with Crippen LogP contribution in [0.15, 0.2) is 136 Å². The van der Waals surface area contributed by atoms with Crippen LogP contribution in [0.2, 0.25) is 0 Å². The SMILES string of the molecule is c1ccc(/N=C(/CC(SSc2ccccc2)SSc2ccccc2)Oc2ccccc2)cc1. The Bertz CT molecular complexity index is 1070. The highest BCUT2D eigenvalue weighted by Crippen LogP contribution is 2.47. The Kier molecular flexibility index (Phi) is 9.74. The fraction of sp³-hybridized carbons (Fsp3) is 0.0741. The van der Waals surface area contributed by atoms with Gasteiger partial charge >= 0.3 is 0 Å². The Hall–Kier alpha value is -2.25. The fourth-order valence-electron chi connectivity index (χ4n) is 2.78. The first-order valence-corrected chi connectivity index (χ1v) is 14.9. The lowest BCUT2D eigenvalue weighted by Gasteiger charge is -2.17. The molecule has 2 nitrogen and oxygen atoms in total. The van der Waals surface area contributed by atoms with Crippen LogP contribution in [0.1, 0.15) is 6.42 Å². The summed E-state index contributed by atoms with van der Waals surface area (Å²) in [5.74, 6) is 1.51. The number of aliphatic imine (C=N–C) groups is 1. The third-order valence-corrected chi connectivity index (χ3v) is 10.6. The predicted molar refractivity (Wildman–Crippen MR) is 149 cm³/mol. The summed E-state index contributed by atoms with van der Waals surface area (Å²) in [6, 6.07) is 40.8. The van der Waals surface area contributed by atoms with E-state index in [9.17, 15) is 0 Å². The van der Waals surface area contributed by atoms with Crippen LogP contribution in [0.3, 0.4) is 0 Å². The van der Waals surface area contributed by atoms with E-state index in [4.69, 9.17) is 9.73 Å². The van der Waals surface area contributed by atoms with E-state index in [2.05, 4.69) is 48.5 Å². The summed E-state index contributed by atoms with van der Waals surface area (Å²) >= 11 is 0. The number of hydrogen-bond acceptors (Lipinski definition) is 6. The van der Waals surface area contributed by atoms with E-state index in [0.717, 1.165) is 11.4 Å². The first kappa shape index (κ1) is 23.9. The molecule has 4 aromatic carbocycles. The van der Waals surface area contributed by atoms with Crippen LogP contribution in [0.5, 0.6) is 5.75 Å². The molecular formula is C27H23NOS4. The predicted octanol–water partition coefficient (Wildman–Crippen LogP) is 9.39. The van der Waals surface area contributed by atoms with Crippen molar-refractivity contribution in [2.24, 2.45) is 4.99 Å². The number of ether oxygens (including phenoxy) is 1. The molecule has 0 heterocycles. The molecule has 0 aliphatic heterocycles. The number of nitrogens with zero attached hydrogens (tertiary/aromatic N) is 1. The molecule has 0 atom stereocenters. The number of hydrogen-bond donors (Lipinski definition) is 0. The Morgan fingerprint density at radius 1 is 0.606 bits per heavy atom. The monoisotopic (exact) mass is 505 g/mol. The van der Waals surface area contributed by atoms with Crippen molar-refractivity contribution in [2.75, 3.05) is 0 Å². The van der Waals surface area contributed by atoms with Gasteiger partial charge in [-0.15, -0.1) is 0 Å². The second kappa shape index (κ2) is 13.5. The van der Waals surface area contributed by atoms with Crippen LogP contribution in [-0.2, 0) is 0 Å². The molecule has 33 heavy (non-hydrogen) atoms. The molecule has 6 heteroatoms. The molecule has 0 saturated carbocycles. The van der Waals surface area contributed by atoms with Crippen LogP contribution in [0.4, 0.5) is 5.69 Å². The van der Waals surface area contributed by atoms with Crippen LogP contribution in [-0.4, -0.2) is 10.5 Å². The fourth-order valence-corrected chi connectivity index (χ4v) is 8.55. The maximum atomic E-state index is 6.26. The molecule has 0 spiro atoms. The lowest BCUT2D eigenvalue weighted by molar-refractivity contribution is 0.535. The summed E-state index contributed by atoms with van der Waals surface area (Å²) in [5.41, 5.74) is 0.892. The maximum absolute atomic E-state index is 6.26. The van der Waals surface area contributed by atoms with Crippen molar-refractivity contribution in [3.05, 3.63) is 121 Å². The van der Waals surface area contributed by atoms with Crippen molar-refractivity contribution in [3.63, 3.8) is 0 Å². The highest BCUT2D eigenvalue weighted by Gasteiger charge is 2.18. The zero-order chi connectivity index (χ0) is 22.6. The van der Waals surface area contributed by atoms with Gasteiger partial charge in [0.25, 0.3) is 0 Å². The van der Waals surface area contributed by atoms with Gasteiger partial charge in [0.2, 0.25) is 0 Å². The molecule has 0 fully saturated rings. The quantitative estimate of drug-likeness (QED) is 0.0923. The summed E-state index contributed by atoms with van der Waals surface area (Å²) < 4.78 is 6.49.